The standard InChI is InChI=1S/C16H28N2O/c17-15-6-3-9-18(11-15)16(19)14-8-7-12-4-1-2-5-13(12)10-14/h12-15H,1-11,17H2/t12?,13?,14?,15-/m1/s1. The number of likely N-dealkylation sites (tertiary alicyclic amines) is 1. The van der Waals surface area contributed by atoms with Crippen LogP contribution < -0.4 is 5.73 Å². The van der Waals surface area contributed by atoms with Crippen molar-refractivity contribution in [1.29, 1.82) is 0 Å². The number of hydrogen-bond acceptors (Lipinski definition) is 2. The van der Waals surface area contributed by atoms with Crippen molar-refractivity contribution in [1.82, 2.24) is 4.90 Å². The molecule has 1 saturated heterocycles. The van der Waals surface area contributed by atoms with Crippen molar-refractivity contribution in [3.8, 4) is 0 Å². The number of nitrogens with zero attached hydrogens (tertiary/aromatic N) is 1. The Balaban J connectivity index is 1.58. The van der Waals surface area contributed by atoms with E-state index in [9.17, 15) is 4.79 Å². The van der Waals surface area contributed by atoms with Crippen LogP contribution in [0.1, 0.15) is 57.8 Å². The van der Waals surface area contributed by atoms with Crippen LogP contribution in [-0.4, -0.2) is 29.9 Å². The highest BCUT2D eigenvalue weighted by atomic mass is 16.2. The highest BCUT2D eigenvalue weighted by molar-refractivity contribution is 5.79. The van der Waals surface area contributed by atoms with Gasteiger partial charge in [-0.3, -0.25) is 4.79 Å². The highest BCUT2D eigenvalue weighted by Crippen LogP contribution is 2.43. The predicted octanol–water partition coefficient (Wildman–Crippen LogP) is 2.54. The van der Waals surface area contributed by atoms with E-state index in [-0.39, 0.29) is 6.04 Å². The normalized spacial score (nSPS) is 39.7. The summed E-state index contributed by atoms with van der Waals surface area (Å²) in [4.78, 5) is 14.7. The van der Waals surface area contributed by atoms with Crippen LogP contribution in [0.5, 0.6) is 0 Å². The van der Waals surface area contributed by atoms with Crippen molar-refractivity contribution >= 4 is 5.91 Å². The van der Waals surface area contributed by atoms with E-state index in [1.165, 1.54) is 32.1 Å². The molecule has 0 radical (unpaired) electrons. The predicted molar refractivity (Wildman–Crippen MR) is 76.6 cm³/mol. The molecule has 3 rings (SSSR count). The van der Waals surface area contributed by atoms with Crippen LogP contribution in [0.4, 0.5) is 0 Å². The summed E-state index contributed by atoms with van der Waals surface area (Å²) in [5.74, 6) is 2.50. The van der Waals surface area contributed by atoms with Gasteiger partial charge in [0.05, 0.1) is 0 Å². The van der Waals surface area contributed by atoms with Crippen molar-refractivity contribution < 1.29 is 4.79 Å². The largest absolute Gasteiger partial charge is 0.341 e. The number of carbonyl (C=O) groups excluding carboxylic acids is 1. The van der Waals surface area contributed by atoms with E-state index in [1.54, 1.807) is 0 Å². The molecular formula is C16H28N2O. The lowest BCUT2D eigenvalue weighted by atomic mass is 9.67. The quantitative estimate of drug-likeness (QED) is 0.791. The van der Waals surface area contributed by atoms with Crippen LogP contribution in [0.25, 0.3) is 0 Å². The van der Waals surface area contributed by atoms with Crippen molar-refractivity contribution in [2.45, 2.75) is 63.8 Å². The molecule has 3 fully saturated rings. The zero-order valence-electron chi connectivity index (χ0n) is 12.0. The lowest BCUT2D eigenvalue weighted by molar-refractivity contribution is -0.139. The number of fused-ring (bicyclic) bond motifs is 1. The minimum atomic E-state index is 0.212. The fourth-order valence-electron chi connectivity index (χ4n) is 4.57. The van der Waals surface area contributed by atoms with Crippen molar-refractivity contribution in [3.63, 3.8) is 0 Å². The zero-order chi connectivity index (χ0) is 13.2. The summed E-state index contributed by atoms with van der Waals surface area (Å²) >= 11 is 0. The molecule has 108 valence electrons. The average Bonchev–Trinajstić information content (AvgIpc) is 2.46. The van der Waals surface area contributed by atoms with Gasteiger partial charge >= 0.3 is 0 Å². The summed E-state index contributed by atoms with van der Waals surface area (Å²) in [6, 6.07) is 0.212. The highest BCUT2D eigenvalue weighted by Gasteiger charge is 2.37. The summed E-state index contributed by atoms with van der Waals surface area (Å²) in [5, 5.41) is 0. The maximum atomic E-state index is 12.6. The molecule has 3 aliphatic rings. The summed E-state index contributed by atoms with van der Waals surface area (Å²) in [6.45, 7) is 1.74. The van der Waals surface area contributed by atoms with E-state index in [0.717, 1.165) is 50.6 Å². The van der Waals surface area contributed by atoms with Crippen LogP contribution in [-0.2, 0) is 4.79 Å². The first-order chi connectivity index (χ1) is 9.24. The van der Waals surface area contributed by atoms with E-state index in [4.69, 9.17) is 5.73 Å². The second kappa shape index (κ2) is 5.82. The van der Waals surface area contributed by atoms with Crippen molar-refractivity contribution in [2.75, 3.05) is 13.1 Å². The van der Waals surface area contributed by atoms with Crippen LogP contribution in [0.2, 0.25) is 0 Å². The Hall–Kier alpha value is -0.570. The molecule has 3 heteroatoms. The van der Waals surface area contributed by atoms with Crippen LogP contribution in [0, 0.1) is 17.8 Å². The third-order valence-electron chi connectivity index (χ3n) is 5.66. The molecule has 3 unspecified atom stereocenters. The molecule has 2 N–H and O–H groups in total. The second-order valence-corrected chi connectivity index (χ2v) is 7.00. The molecule has 3 nitrogen and oxygen atoms in total. The Bertz CT molecular complexity index is 331. The van der Waals surface area contributed by atoms with E-state index >= 15 is 0 Å². The average molecular weight is 264 g/mol. The van der Waals surface area contributed by atoms with Gasteiger partial charge in [-0.2, -0.15) is 0 Å². The smallest absolute Gasteiger partial charge is 0.225 e. The molecule has 1 aliphatic heterocycles. The number of carbonyl (C=O) groups is 1. The molecule has 2 saturated carbocycles. The third-order valence-corrected chi connectivity index (χ3v) is 5.66. The molecule has 19 heavy (non-hydrogen) atoms. The van der Waals surface area contributed by atoms with Gasteiger partial charge in [0, 0.05) is 25.0 Å². The molecule has 0 aromatic carbocycles. The molecule has 1 heterocycles. The Kier molecular flexibility index (Phi) is 4.11. The number of rotatable bonds is 1. The maximum Gasteiger partial charge on any atom is 0.225 e. The first-order valence-electron chi connectivity index (χ1n) is 8.28. The number of nitrogens with two attached hydrogens (primary N) is 1. The topological polar surface area (TPSA) is 46.3 Å². The fourth-order valence-corrected chi connectivity index (χ4v) is 4.57. The van der Waals surface area contributed by atoms with Gasteiger partial charge in [-0.1, -0.05) is 25.7 Å². The fraction of sp³-hybridized carbons (Fsp3) is 0.938. The Morgan fingerprint density at radius 2 is 1.74 bits per heavy atom. The molecule has 4 atom stereocenters. The van der Waals surface area contributed by atoms with E-state index < -0.39 is 0 Å². The minimum Gasteiger partial charge on any atom is -0.341 e. The SMILES string of the molecule is N[C@@H]1CCCN(C(=O)C2CCC3CCCCC3C2)C1. The molecule has 0 aromatic heterocycles. The lowest BCUT2D eigenvalue weighted by Crippen LogP contribution is -2.48. The first-order valence-corrected chi connectivity index (χ1v) is 8.28. The molecular weight excluding hydrogens is 236 g/mol. The number of piperidine rings is 1. The molecule has 1 amide bonds. The van der Waals surface area contributed by atoms with Gasteiger partial charge in [0.1, 0.15) is 0 Å². The van der Waals surface area contributed by atoms with Gasteiger partial charge in [0.25, 0.3) is 0 Å². The van der Waals surface area contributed by atoms with Crippen LogP contribution >= 0.6 is 0 Å². The summed E-state index contributed by atoms with van der Waals surface area (Å²) in [6.07, 6.45) is 11.3. The van der Waals surface area contributed by atoms with Crippen molar-refractivity contribution in [3.05, 3.63) is 0 Å². The lowest BCUT2D eigenvalue weighted by Gasteiger charge is -2.41. The maximum absolute atomic E-state index is 12.6. The molecule has 0 aromatic rings. The molecule has 2 aliphatic carbocycles. The zero-order valence-corrected chi connectivity index (χ0v) is 12.0. The molecule has 0 spiro atoms. The minimum absolute atomic E-state index is 0.212. The number of hydrogen-bond donors (Lipinski definition) is 1. The third kappa shape index (κ3) is 2.96. The van der Waals surface area contributed by atoms with Gasteiger partial charge < -0.3 is 10.6 Å². The Morgan fingerprint density at radius 1 is 0.947 bits per heavy atom. The van der Waals surface area contributed by atoms with Gasteiger partial charge in [-0.15, -0.1) is 0 Å². The van der Waals surface area contributed by atoms with Crippen molar-refractivity contribution in [2.24, 2.45) is 23.5 Å². The van der Waals surface area contributed by atoms with Gasteiger partial charge in [-0.05, 0) is 43.9 Å². The van der Waals surface area contributed by atoms with Gasteiger partial charge in [0.2, 0.25) is 5.91 Å². The first kappa shape index (κ1) is 13.4. The van der Waals surface area contributed by atoms with Crippen LogP contribution in [0.15, 0.2) is 0 Å². The van der Waals surface area contributed by atoms with E-state index in [0.29, 0.717) is 11.8 Å². The van der Waals surface area contributed by atoms with E-state index in [1.807, 2.05) is 0 Å². The Labute approximate surface area is 116 Å². The van der Waals surface area contributed by atoms with Gasteiger partial charge in [-0.25, -0.2) is 0 Å². The number of amides is 1. The molecule has 0 bridgehead atoms. The second-order valence-electron chi connectivity index (χ2n) is 7.00. The summed E-state index contributed by atoms with van der Waals surface area (Å²) < 4.78 is 0. The van der Waals surface area contributed by atoms with E-state index in [2.05, 4.69) is 4.90 Å². The summed E-state index contributed by atoms with van der Waals surface area (Å²) in [7, 11) is 0. The summed E-state index contributed by atoms with van der Waals surface area (Å²) in [5.41, 5.74) is 6.00. The monoisotopic (exact) mass is 264 g/mol. The Morgan fingerprint density at radius 3 is 2.53 bits per heavy atom. The van der Waals surface area contributed by atoms with Gasteiger partial charge in [0.15, 0.2) is 0 Å². The van der Waals surface area contributed by atoms with Crippen LogP contribution in [0.3, 0.4) is 0 Å².